The molecule has 4 rings (SSSR count). The van der Waals surface area contributed by atoms with Crippen LogP contribution in [0.5, 0.6) is 0 Å². The van der Waals surface area contributed by atoms with Gasteiger partial charge in [0.1, 0.15) is 5.69 Å². The molecule has 4 aromatic rings. The van der Waals surface area contributed by atoms with Crippen molar-refractivity contribution < 1.29 is 4.79 Å². The Labute approximate surface area is 150 Å². The summed E-state index contributed by atoms with van der Waals surface area (Å²) in [7, 11) is 1.80. The molecule has 0 bridgehead atoms. The van der Waals surface area contributed by atoms with Crippen molar-refractivity contribution in [3.63, 3.8) is 0 Å². The van der Waals surface area contributed by atoms with Crippen LogP contribution in [0.1, 0.15) is 21.6 Å². The van der Waals surface area contributed by atoms with Crippen LogP contribution in [-0.4, -0.2) is 25.4 Å². The minimum atomic E-state index is -0.134. The fourth-order valence-electron chi connectivity index (χ4n) is 3.10. The van der Waals surface area contributed by atoms with Crippen LogP contribution in [-0.2, 0) is 13.6 Å². The van der Waals surface area contributed by atoms with Gasteiger partial charge in [-0.25, -0.2) is 4.98 Å². The topological polar surface area (TPSA) is 75.6 Å². The molecule has 0 unspecified atom stereocenters. The molecule has 0 aliphatic heterocycles. The van der Waals surface area contributed by atoms with Crippen molar-refractivity contribution in [3.05, 3.63) is 71.9 Å². The summed E-state index contributed by atoms with van der Waals surface area (Å²) in [4.78, 5) is 24.1. The highest BCUT2D eigenvalue weighted by Crippen LogP contribution is 2.29. The Bertz CT molecular complexity index is 1080. The minimum Gasteiger partial charge on any atom is -0.353 e. The van der Waals surface area contributed by atoms with Gasteiger partial charge in [-0.1, -0.05) is 12.1 Å². The minimum absolute atomic E-state index is 0.134. The third-order valence-corrected chi connectivity index (χ3v) is 4.55. The standard InChI is InChI=1S/C20H19N5O/c1-13-15-9-14(10-23-20(26)18-11-21-12-25(18)2)6-7-16(15)24-19(13)17-5-3-4-8-22-17/h3-9,11-12,24H,10H2,1-2H3,(H,23,26). The summed E-state index contributed by atoms with van der Waals surface area (Å²) in [6.07, 6.45) is 4.97. The second-order valence-electron chi connectivity index (χ2n) is 6.29. The van der Waals surface area contributed by atoms with Crippen molar-refractivity contribution in [1.82, 2.24) is 24.8 Å². The number of rotatable bonds is 4. The van der Waals surface area contributed by atoms with E-state index in [0.717, 1.165) is 33.4 Å². The maximum absolute atomic E-state index is 12.2. The summed E-state index contributed by atoms with van der Waals surface area (Å²) in [6.45, 7) is 2.55. The zero-order valence-corrected chi connectivity index (χ0v) is 14.7. The second kappa shape index (κ2) is 6.48. The number of aromatic amines is 1. The van der Waals surface area contributed by atoms with E-state index in [-0.39, 0.29) is 5.91 Å². The molecule has 3 heterocycles. The first kappa shape index (κ1) is 16.1. The van der Waals surface area contributed by atoms with Crippen LogP contribution in [0.15, 0.2) is 55.1 Å². The van der Waals surface area contributed by atoms with E-state index in [2.05, 4.69) is 33.3 Å². The van der Waals surface area contributed by atoms with Crippen molar-refractivity contribution in [3.8, 4) is 11.4 Å². The van der Waals surface area contributed by atoms with E-state index in [0.29, 0.717) is 12.2 Å². The van der Waals surface area contributed by atoms with Crippen LogP contribution in [0.3, 0.4) is 0 Å². The molecule has 0 aliphatic rings. The van der Waals surface area contributed by atoms with Crippen LogP contribution in [0.2, 0.25) is 0 Å². The van der Waals surface area contributed by atoms with Gasteiger partial charge in [0, 0.05) is 30.7 Å². The van der Waals surface area contributed by atoms with Gasteiger partial charge in [0.15, 0.2) is 0 Å². The molecule has 130 valence electrons. The van der Waals surface area contributed by atoms with Crippen LogP contribution in [0, 0.1) is 6.92 Å². The third-order valence-electron chi connectivity index (χ3n) is 4.55. The number of nitrogens with zero attached hydrogens (tertiary/aromatic N) is 3. The van der Waals surface area contributed by atoms with Gasteiger partial charge in [-0.05, 0) is 42.3 Å². The molecule has 1 amide bonds. The first-order valence-electron chi connectivity index (χ1n) is 8.40. The Morgan fingerprint density at radius 3 is 2.88 bits per heavy atom. The molecule has 26 heavy (non-hydrogen) atoms. The monoisotopic (exact) mass is 345 g/mol. The Morgan fingerprint density at radius 1 is 1.27 bits per heavy atom. The number of benzene rings is 1. The van der Waals surface area contributed by atoms with E-state index in [9.17, 15) is 4.79 Å². The summed E-state index contributed by atoms with van der Waals surface area (Å²) in [5.74, 6) is -0.134. The molecule has 6 heteroatoms. The fourth-order valence-corrected chi connectivity index (χ4v) is 3.10. The summed E-state index contributed by atoms with van der Waals surface area (Å²) in [5.41, 5.74) is 5.75. The predicted molar refractivity (Wildman–Crippen MR) is 101 cm³/mol. The molecule has 0 aliphatic carbocycles. The van der Waals surface area contributed by atoms with Crippen molar-refractivity contribution in [2.24, 2.45) is 7.05 Å². The predicted octanol–water partition coefficient (Wildman–Crippen LogP) is 3.20. The maximum atomic E-state index is 12.2. The van der Waals surface area contributed by atoms with Crippen molar-refractivity contribution in [2.45, 2.75) is 13.5 Å². The van der Waals surface area contributed by atoms with Gasteiger partial charge in [-0.3, -0.25) is 9.78 Å². The highest BCUT2D eigenvalue weighted by Gasteiger charge is 2.12. The zero-order chi connectivity index (χ0) is 18.1. The summed E-state index contributed by atoms with van der Waals surface area (Å²) >= 11 is 0. The van der Waals surface area contributed by atoms with Crippen molar-refractivity contribution in [2.75, 3.05) is 0 Å². The Kier molecular flexibility index (Phi) is 4.01. The fraction of sp³-hybridized carbons (Fsp3) is 0.150. The van der Waals surface area contributed by atoms with Gasteiger partial charge in [0.05, 0.1) is 23.9 Å². The molecular weight excluding hydrogens is 326 g/mol. The highest BCUT2D eigenvalue weighted by molar-refractivity contribution is 5.93. The number of H-pyrrole nitrogens is 1. The lowest BCUT2D eigenvalue weighted by molar-refractivity contribution is 0.0942. The number of fused-ring (bicyclic) bond motifs is 1. The van der Waals surface area contributed by atoms with Crippen molar-refractivity contribution >= 4 is 16.8 Å². The maximum Gasteiger partial charge on any atom is 0.269 e. The molecule has 0 radical (unpaired) electrons. The van der Waals surface area contributed by atoms with Gasteiger partial charge < -0.3 is 14.9 Å². The van der Waals surface area contributed by atoms with E-state index in [1.165, 1.54) is 0 Å². The molecule has 6 nitrogen and oxygen atoms in total. The van der Waals surface area contributed by atoms with Gasteiger partial charge in [-0.2, -0.15) is 0 Å². The number of aryl methyl sites for hydroxylation is 2. The van der Waals surface area contributed by atoms with Gasteiger partial charge >= 0.3 is 0 Å². The Balaban J connectivity index is 1.59. The lowest BCUT2D eigenvalue weighted by Crippen LogP contribution is -2.24. The normalized spacial score (nSPS) is 11.0. The number of imidazole rings is 1. The summed E-state index contributed by atoms with van der Waals surface area (Å²) < 4.78 is 1.70. The number of hydrogen-bond donors (Lipinski definition) is 2. The number of hydrogen-bond acceptors (Lipinski definition) is 3. The zero-order valence-electron chi connectivity index (χ0n) is 14.7. The number of amides is 1. The van der Waals surface area contributed by atoms with E-state index in [4.69, 9.17) is 0 Å². The lowest BCUT2D eigenvalue weighted by Gasteiger charge is -2.06. The number of carbonyl (C=O) groups excluding carboxylic acids is 1. The summed E-state index contributed by atoms with van der Waals surface area (Å²) in [6, 6.07) is 12.0. The van der Waals surface area contributed by atoms with Crippen molar-refractivity contribution in [1.29, 1.82) is 0 Å². The van der Waals surface area contributed by atoms with Crippen LogP contribution < -0.4 is 5.32 Å². The largest absolute Gasteiger partial charge is 0.353 e. The molecule has 1 aromatic carbocycles. The lowest BCUT2D eigenvalue weighted by atomic mass is 10.1. The van der Waals surface area contributed by atoms with Crippen LogP contribution in [0.4, 0.5) is 0 Å². The second-order valence-corrected chi connectivity index (χ2v) is 6.29. The molecule has 0 fully saturated rings. The van der Waals surface area contributed by atoms with Gasteiger partial charge in [0.2, 0.25) is 0 Å². The average Bonchev–Trinajstić information content (AvgIpc) is 3.24. The van der Waals surface area contributed by atoms with Crippen LogP contribution >= 0.6 is 0 Å². The molecule has 0 spiro atoms. The molecule has 3 aromatic heterocycles. The number of carbonyl (C=O) groups is 1. The van der Waals surface area contributed by atoms with E-state index < -0.39 is 0 Å². The molecule has 0 saturated heterocycles. The average molecular weight is 345 g/mol. The van der Waals surface area contributed by atoms with E-state index >= 15 is 0 Å². The van der Waals surface area contributed by atoms with Crippen LogP contribution in [0.25, 0.3) is 22.3 Å². The third kappa shape index (κ3) is 2.86. The number of pyridine rings is 1. The van der Waals surface area contributed by atoms with Gasteiger partial charge in [-0.15, -0.1) is 0 Å². The molecule has 0 atom stereocenters. The Morgan fingerprint density at radius 2 is 2.15 bits per heavy atom. The quantitative estimate of drug-likeness (QED) is 0.596. The van der Waals surface area contributed by atoms with E-state index in [1.54, 1.807) is 30.3 Å². The summed E-state index contributed by atoms with van der Waals surface area (Å²) in [5, 5.41) is 4.08. The number of nitrogens with one attached hydrogen (secondary N) is 2. The number of aromatic nitrogens is 4. The van der Waals surface area contributed by atoms with E-state index in [1.807, 2.05) is 30.3 Å². The first-order valence-corrected chi connectivity index (χ1v) is 8.40. The Hall–Kier alpha value is -3.41. The molecular formula is C20H19N5O. The SMILES string of the molecule is Cc1c(-c2ccccn2)[nH]c2ccc(CNC(=O)c3cncn3C)cc12. The van der Waals surface area contributed by atoms with Gasteiger partial charge in [0.25, 0.3) is 5.91 Å². The molecule has 0 saturated carbocycles. The first-order chi connectivity index (χ1) is 12.6. The molecule has 2 N–H and O–H groups in total. The highest BCUT2D eigenvalue weighted by atomic mass is 16.1. The smallest absolute Gasteiger partial charge is 0.269 e.